The molecule has 0 radical (unpaired) electrons. The van der Waals surface area contributed by atoms with Crippen LogP contribution in [0.15, 0.2) is 72.8 Å². The molecule has 0 fully saturated rings. The summed E-state index contributed by atoms with van der Waals surface area (Å²) in [4.78, 5) is 31.7. The highest BCUT2D eigenvalue weighted by molar-refractivity contribution is 6.06. The molecular formula is C25H25N3O2. The third-order valence-electron chi connectivity index (χ3n) is 5.33. The first-order chi connectivity index (χ1) is 14.7. The molecular weight excluding hydrogens is 374 g/mol. The van der Waals surface area contributed by atoms with Crippen LogP contribution in [0.5, 0.6) is 0 Å². The van der Waals surface area contributed by atoms with E-state index in [4.69, 9.17) is 0 Å². The number of carbonyl (C=O) groups is 2. The number of nitrogens with zero attached hydrogens (tertiary/aromatic N) is 2. The van der Waals surface area contributed by atoms with Crippen molar-refractivity contribution in [2.75, 3.05) is 18.0 Å². The highest BCUT2D eigenvalue weighted by Gasteiger charge is 2.24. The van der Waals surface area contributed by atoms with Crippen molar-refractivity contribution in [3.05, 3.63) is 95.3 Å². The van der Waals surface area contributed by atoms with Gasteiger partial charge in [-0.1, -0.05) is 54.6 Å². The minimum absolute atomic E-state index is 0.166. The molecule has 2 heterocycles. The van der Waals surface area contributed by atoms with E-state index in [0.717, 1.165) is 31.4 Å². The number of fused-ring (bicyclic) bond motifs is 1. The van der Waals surface area contributed by atoms with Crippen molar-refractivity contribution in [1.29, 1.82) is 0 Å². The van der Waals surface area contributed by atoms with Crippen LogP contribution in [0.3, 0.4) is 0 Å². The zero-order valence-corrected chi connectivity index (χ0v) is 16.9. The molecule has 152 valence electrons. The predicted octanol–water partition coefficient (Wildman–Crippen LogP) is 4.04. The molecule has 3 aromatic rings. The Morgan fingerprint density at radius 3 is 2.53 bits per heavy atom. The third kappa shape index (κ3) is 4.57. The first-order valence-electron chi connectivity index (χ1n) is 10.4. The molecule has 30 heavy (non-hydrogen) atoms. The second-order valence-electron chi connectivity index (χ2n) is 7.44. The Bertz CT molecular complexity index is 1030. The van der Waals surface area contributed by atoms with E-state index in [0.29, 0.717) is 18.8 Å². The summed E-state index contributed by atoms with van der Waals surface area (Å²) in [6.45, 7) is 1.22. The van der Waals surface area contributed by atoms with Crippen molar-refractivity contribution in [3.8, 4) is 0 Å². The lowest BCUT2D eigenvalue weighted by molar-refractivity contribution is 0.0947. The monoisotopic (exact) mass is 399 g/mol. The third-order valence-corrected chi connectivity index (χ3v) is 5.33. The number of rotatable bonds is 6. The molecule has 1 aliphatic rings. The summed E-state index contributed by atoms with van der Waals surface area (Å²) in [5.41, 5.74) is 3.92. The number of hydrogen-bond acceptors (Lipinski definition) is 3. The van der Waals surface area contributed by atoms with Gasteiger partial charge >= 0.3 is 0 Å². The van der Waals surface area contributed by atoms with E-state index in [1.165, 1.54) is 11.1 Å². The Morgan fingerprint density at radius 2 is 1.67 bits per heavy atom. The van der Waals surface area contributed by atoms with E-state index >= 15 is 0 Å². The van der Waals surface area contributed by atoms with Crippen molar-refractivity contribution in [2.45, 2.75) is 25.7 Å². The first-order valence-corrected chi connectivity index (χ1v) is 10.4. The van der Waals surface area contributed by atoms with Gasteiger partial charge in [0.25, 0.3) is 11.8 Å². The minimum atomic E-state index is -0.253. The van der Waals surface area contributed by atoms with Crippen LogP contribution < -0.4 is 10.2 Å². The van der Waals surface area contributed by atoms with Gasteiger partial charge in [0.1, 0.15) is 11.4 Å². The van der Waals surface area contributed by atoms with E-state index in [9.17, 15) is 9.59 Å². The number of benzene rings is 2. The summed E-state index contributed by atoms with van der Waals surface area (Å²) >= 11 is 0. The molecule has 0 saturated carbocycles. The SMILES string of the molecule is O=C(NCCCc1ccccc1)c1cccc(C(=O)N2CCCc3ccccc32)n1. The number of amides is 2. The van der Waals surface area contributed by atoms with Crippen LogP contribution in [0.2, 0.25) is 0 Å². The zero-order valence-electron chi connectivity index (χ0n) is 16.9. The van der Waals surface area contributed by atoms with Crippen molar-refractivity contribution in [2.24, 2.45) is 0 Å². The van der Waals surface area contributed by atoms with Crippen LogP contribution in [0, 0.1) is 0 Å². The van der Waals surface area contributed by atoms with Gasteiger partial charge in [0.2, 0.25) is 0 Å². The number of hydrogen-bond donors (Lipinski definition) is 1. The lowest BCUT2D eigenvalue weighted by Gasteiger charge is -2.29. The molecule has 4 rings (SSSR count). The summed E-state index contributed by atoms with van der Waals surface area (Å²) in [6, 6.07) is 23.2. The summed E-state index contributed by atoms with van der Waals surface area (Å²) in [7, 11) is 0. The second-order valence-corrected chi connectivity index (χ2v) is 7.44. The van der Waals surface area contributed by atoms with Crippen molar-refractivity contribution < 1.29 is 9.59 Å². The van der Waals surface area contributed by atoms with Crippen LogP contribution in [-0.4, -0.2) is 29.9 Å². The number of aryl methyl sites for hydroxylation is 2. The van der Waals surface area contributed by atoms with E-state index in [2.05, 4.69) is 28.5 Å². The fraction of sp³-hybridized carbons (Fsp3) is 0.240. The van der Waals surface area contributed by atoms with Gasteiger partial charge in [-0.3, -0.25) is 9.59 Å². The molecule has 5 heteroatoms. The van der Waals surface area contributed by atoms with Crippen LogP contribution in [0.25, 0.3) is 0 Å². The minimum Gasteiger partial charge on any atom is -0.351 e. The molecule has 5 nitrogen and oxygen atoms in total. The topological polar surface area (TPSA) is 62.3 Å². The number of anilines is 1. The van der Waals surface area contributed by atoms with Crippen LogP contribution >= 0.6 is 0 Å². The van der Waals surface area contributed by atoms with Gasteiger partial charge < -0.3 is 10.2 Å². The normalized spacial score (nSPS) is 12.9. The average molecular weight is 399 g/mol. The summed E-state index contributed by atoms with van der Waals surface area (Å²) in [5.74, 6) is -0.419. The summed E-state index contributed by atoms with van der Waals surface area (Å²) in [6.07, 6.45) is 3.64. The van der Waals surface area contributed by atoms with E-state index in [-0.39, 0.29) is 17.5 Å². The zero-order chi connectivity index (χ0) is 20.8. The molecule has 1 N–H and O–H groups in total. The molecule has 2 amide bonds. The Balaban J connectivity index is 1.39. The maximum atomic E-state index is 13.1. The molecule has 0 saturated heterocycles. The van der Waals surface area contributed by atoms with Gasteiger partial charge in [-0.25, -0.2) is 4.98 Å². The van der Waals surface area contributed by atoms with Gasteiger partial charge in [-0.15, -0.1) is 0 Å². The van der Waals surface area contributed by atoms with Crippen LogP contribution in [0.1, 0.15) is 44.9 Å². The molecule has 2 aromatic carbocycles. The Labute approximate surface area is 176 Å². The molecule has 0 aliphatic carbocycles. The van der Waals surface area contributed by atoms with Crippen molar-refractivity contribution in [3.63, 3.8) is 0 Å². The van der Waals surface area contributed by atoms with Gasteiger partial charge in [-0.2, -0.15) is 0 Å². The predicted molar refractivity (Wildman–Crippen MR) is 118 cm³/mol. The number of nitrogens with one attached hydrogen (secondary N) is 1. The van der Waals surface area contributed by atoms with Gasteiger partial charge in [-0.05, 0) is 55.0 Å². The van der Waals surface area contributed by atoms with Crippen molar-refractivity contribution in [1.82, 2.24) is 10.3 Å². The highest BCUT2D eigenvalue weighted by atomic mass is 16.2. The largest absolute Gasteiger partial charge is 0.351 e. The lowest BCUT2D eigenvalue weighted by atomic mass is 10.0. The number of aromatic nitrogens is 1. The van der Waals surface area contributed by atoms with Gasteiger partial charge in [0, 0.05) is 18.8 Å². The molecule has 0 atom stereocenters. The number of carbonyl (C=O) groups excluding carboxylic acids is 2. The Kier molecular flexibility index (Phi) is 6.18. The van der Waals surface area contributed by atoms with E-state index in [1.807, 2.05) is 36.4 Å². The van der Waals surface area contributed by atoms with Gasteiger partial charge in [0.15, 0.2) is 0 Å². The quantitative estimate of drug-likeness (QED) is 0.637. The Hall–Kier alpha value is -3.47. The maximum absolute atomic E-state index is 13.1. The van der Waals surface area contributed by atoms with Crippen molar-refractivity contribution >= 4 is 17.5 Å². The first kappa shape index (κ1) is 19.8. The van der Waals surface area contributed by atoms with Crippen LogP contribution in [-0.2, 0) is 12.8 Å². The fourth-order valence-electron chi connectivity index (χ4n) is 3.79. The van der Waals surface area contributed by atoms with Gasteiger partial charge in [0.05, 0.1) is 0 Å². The molecule has 0 spiro atoms. The smallest absolute Gasteiger partial charge is 0.276 e. The number of para-hydroxylation sites is 1. The standard InChI is InChI=1S/C25H25N3O2/c29-24(26-17-7-11-19-9-2-1-3-10-19)21-14-6-15-22(27-21)25(30)28-18-8-13-20-12-4-5-16-23(20)28/h1-6,9-10,12,14-16H,7-8,11,13,17-18H2,(H,26,29). The number of pyridine rings is 1. The second kappa shape index (κ2) is 9.35. The Morgan fingerprint density at radius 1 is 0.900 bits per heavy atom. The lowest BCUT2D eigenvalue weighted by Crippen LogP contribution is -2.36. The van der Waals surface area contributed by atoms with Crippen LogP contribution in [0.4, 0.5) is 5.69 Å². The average Bonchev–Trinajstić information content (AvgIpc) is 2.81. The molecule has 0 unspecified atom stereocenters. The molecule has 1 aliphatic heterocycles. The molecule has 0 bridgehead atoms. The van der Waals surface area contributed by atoms with E-state index < -0.39 is 0 Å². The highest BCUT2D eigenvalue weighted by Crippen LogP contribution is 2.27. The summed E-state index contributed by atoms with van der Waals surface area (Å²) in [5, 5.41) is 2.90. The fourth-order valence-corrected chi connectivity index (χ4v) is 3.79. The molecule has 1 aromatic heterocycles. The summed E-state index contributed by atoms with van der Waals surface area (Å²) < 4.78 is 0. The maximum Gasteiger partial charge on any atom is 0.276 e. The van der Waals surface area contributed by atoms with E-state index in [1.54, 1.807) is 23.1 Å².